The number of hydrogen-bond acceptors (Lipinski definition) is 3. The van der Waals surface area contributed by atoms with Crippen molar-refractivity contribution in [3.8, 4) is 5.75 Å². The number of halogens is 1. The fraction of sp³-hybridized carbons (Fsp3) is 0.273. The Labute approximate surface area is 86.6 Å². The van der Waals surface area contributed by atoms with E-state index in [0.717, 1.165) is 0 Å². The monoisotopic (exact) mass is 207 g/mol. The average Bonchev–Trinajstić information content (AvgIpc) is 2.27. The van der Waals surface area contributed by atoms with Gasteiger partial charge in [-0.15, -0.1) is 0 Å². The van der Waals surface area contributed by atoms with Crippen LogP contribution in [-0.4, -0.2) is 19.6 Å². The molecule has 1 heterocycles. The van der Waals surface area contributed by atoms with E-state index in [4.69, 9.17) is 4.74 Å². The zero-order valence-electron chi connectivity index (χ0n) is 8.26. The Balaban J connectivity index is 2.66. The van der Waals surface area contributed by atoms with Gasteiger partial charge in [-0.3, -0.25) is 0 Å². The molecule has 0 fully saturated rings. The number of benzene rings is 1. The van der Waals surface area contributed by atoms with Crippen LogP contribution in [0.4, 0.5) is 10.1 Å². The first kappa shape index (κ1) is 9.74. The number of methoxy groups -OCH3 is 1. The normalized spacial score (nSPS) is 13.9. The first-order chi connectivity index (χ1) is 7.26. The fourth-order valence-electron chi connectivity index (χ4n) is 1.72. The smallest absolute Gasteiger partial charge is 0.145 e. The van der Waals surface area contributed by atoms with Gasteiger partial charge in [-0.25, -0.2) is 9.18 Å². The summed E-state index contributed by atoms with van der Waals surface area (Å²) in [6.07, 6.45) is 0.559. The van der Waals surface area contributed by atoms with Crippen LogP contribution in [0.5, 0.6) is 5.75 Å². The van der Waals surface area contributed by atoms with Crippen molar-refractivity contribution in [3.05, 3.63) is 23.5 Å². The molecule has 1 aromatic rings. The highest BCUT2D eigenvalue weighted by Gasteiger charge is 2.19. The van der Waals surface area contributed by atoms with Crippen molar-refractivity contribution in [3.63, 3.8) is 0 Å². The quantitative estimate of drug-likeness (QED) is 0.714. The van der Waals surface area contributed by atoms with Crippen LogP contribution in [0.3, 0.4) is 0 Å². The summed E-state index contributed by atoms with van der Waals surface area (Å²) in [4.78, 5) is 10.7. The molecule has 1 aliphatic heterocycles. The van der Waals surface area contributed by atoms with Crippen LogP contribution >= 0.6 is 0 Å². The molecule has 15 heavy (non-hydrogen) atoms. The van der Waals surface area contributed by atoms with Crippen molar-refractivity contribution in [2.45, 2.75) is 6.42 Å². The maximum Gasteiger partial charge on any atom is 0.145 e. The third kappa shape index (κ3) is 1.60. The van der Waals surface area contributed by atoms with Crippen LogP contribution in [0.25, 0.3) is 5.57 Å². The highest BCUT2D eigenvalue weighted by Crippen LogP contribution is 2.37. The fourth-order valence-corrected chi connectivity index (χ4v) is 1.72. The Kier molecular flexibility index (Phi) is 2.44. The summed E-state index contributed by atoms with van der Waals surface area (Å²) in [7, 11) is 1.47. The van der Waals surface area contributed by atoms with Gasteiger partial charge < -0.3 is 10.1 Å². The summed E-state index contributed by atoms with van der Waals surface area (Å²) in [6.45, 7) is 0.638. The number of rotatable bonds is 1. The maximum atomic E-state index is 13.2. The number of carbonyl (C=O) groups excluding carboxylic acids is 1. The summed E-state index contributed by atoms with van der Waals surface area (Å²) >= 11 is 0. The van der Waals surface area contributed by atoms with Crippen LogP contribution < -0.4 is 10.1 Å². The largest absolute Gasteiger partial charge is 0.494 e. The minimum Gasteiger partial charge on any atom is -0.494 e. The van der Waals surface area contributed by atoms with Crippen molar-refractivity contribution in [2.75, 3.05) is 19.0 Å². The van der Waals surface area contributed by atoms with Crippen molar-refractivity contribution >= 4 is 17.2 Å². The van der Waals surface area contributed by atoms with E-state index in [0.29, 0.717) is 35.5 Å². The molecule has 0 spiro atoms. The second-order valence-electron chi connectivity index (χ2n) is 3.29. The molecule has 0 atom stereocenters. The van der Waals surface area contributed by atoms with Gasteiger partial charge in [-0.05, 0) is 6.07 Å². The molecule has 0 radical (unpaired) electrons. The number of hydrogen-bond donors (Lipinski definition) is 1. The minimum absolute atomic E-state index is 0.414. The zero-order valence-corrected chi connectivity index (χ0v) is 8.26. The van der Waals surface area contributed by atoms with Crippen LogP contribution in [-0.2, 0) is 4.79 Å². The van der Waals surface area contributed by atoms with Gasteiger partial charge in [0.15, 0.2) is 0 Å². The third-order valence-corrected chi connectivity index (χ3v) is 2.41. The lowest BCUT2D eigenvalue weighted by Gasteiger charge is -2.21. The van der Waals surface area contributed by atoms with E-state index < -0.39 is 5.82 Å². The standard InChI is InChI=1S/C11H10FNO2/c1-15-10-5-8(12)4-9-7(6-14)2-3-13-11(9)10/h4-5,13H,2-3H2,1H3. The first-order valence-corrected chi connectivity index (χ1v) is 4.62. The van der Waals surface area contributed by atoms with Crippen molar-refractivity contribution in [1.82, 2.24) is 0 Å². The molecule has 0 saturated heterocycles. The molecule has 1 N–H and O–H groups in total. The zero-order chi connectivity index (χ0) is 10.8. The summed E-state index contributed by atoms with van der Waals surface area (Å²) in [5, 5.41) is 3.08. The molecule has 78 valence electrons. The van der Waals surface area contributed by atoms with E-state index >= 15 is 0 Å². The second kappa shape index (κ2) is 3.75. The van der Waals surface area contributed by atoms with Gasteiger partial charge in [0.25, 0.3) is 0 Å². The van der Waals surface area contributed by atoms with Crippen molar-refractivity contribution in [2.24, 2.45) is 0 Å². The molecule has 1 aromatic carbocycles. The Hall–Kier alpha value is -1.80. The summed E-state index contributed by atoms with van der Waals surface area (Å²) in [5.41, 5.74) is 1.71. The van der Waals surface area contributed by atoms with Crippen molar-refractivity contribution in [1.29, 1.82) is 0 Å². The molecule has 3 nitrogen and oxygen atoms in total. The molecular weight excluding hydrogens is 197 g/mol. The molecule has 0 amide bonds. The number of ether oxygens (including phenoxy) is 1. The summed E-state index contributed by atoms with van der Waals surface area (Å²) < 4.78 is 18.2. The lowest BCUT2D eigenvalue weighted by Crippen LogP contribution is -2.13. The molecule has 2 rings (SSSR count). The van der Waals surface area contributed by atoms with E-state index in [9.17, 15) is 9.18 Å². The molecule has 0 bridgehead atoms. The molecule has 0 unspecified atom stereocenters. The Bertz CT molecular complexity index is 450. The second-order valence-corrected chi connectivity index (χ2v) is 3.29. The van der Waals surface area contributed by atoms with Gasteiger partial charge in [0, 0.05) is 30.2 Å². The van der Waals surface area contributed by atoms with E-state index in [1.165, 1.54) is 19.2 Å². The average molecular weight is 207 g/mol. The predicted molar refractivity (Wildman–Crippen MR) is 55.2 cm³/mol. The van der Waals surface area contributed by atoms with Crippen molar-refractivity contribution < 1.29 is 13.9 Å². The molecule has 1 aliphatic rings. The third-order valence-electron chi connectivity index (χ3n) is 2.41. The van der Waals surface area contributed by atoms with Gasteiger partial charge in [0.05, 0.1) is 12.8 Å². The van der Waals surface area contributed by atoms with Gasteiger partial charge in [0.2, 0.25) is 0 Å². The van der Waals surface area contributed by atoms with Gasteiger partial charge >= 0.3 is 0 Å². The summed E-state index contributed by atoms with van der Waals surface area (Å²) in [5.74, 6) is 1.84. The predicted octanol–water partition coefficient (Wildman–Crippen LogP) is 1.86. The van der Waals surface area contributed by atoms with Gasteiger partial charge in [-0.1, -0.05) is 0 Å². The first-order valence-electron chi connectivity index (χ1n) is 4.62. The van der Waals surface area contributed by atoms with Crippen LogP contribution in [0.1, 0.15) is 12.0 Å². The molecule has 0 aromatic heterocycles. The van der Waals surface area contributed by atoms with Crippen LogP contribution in [0.15, 0.2) is 12.1 Å². The lowest BCUT2D eigenvalue weighted by molar-refractivity contribution is 0.412. The Morgan fingerprint density at radius 2 is 2.33 bits per heavy atom. The minimum atomic E-state index is -0.415. The highest BCUT2D eigenvalue weighted by molar-refractivity contribution is 5.95. The molecule has 4 heteroatoms. The van der Waals surface area contributed by atoms with Gasteiger partial charge in [0.1, 0.15) is 17.5 Å². The Morgan fingerprint density at radius 3 is 3.00 bits per heavy atom. The van der Waals surface area contributed by atoms with Crippen LogP contribution in [0.2, 0.25) is 0 Å². The maximum absolute atomic E-state index is 13.2. The van der Waals surface area contributed by atoms with Crippen LogP contribution in [0, 0.1) is 5.82 Å². The summed E-state index contributed by atoms with van der Waals surface area (Å²) in [6, 6.07) is 2.61. The van der Waals surface area contributed by atoms with E-state index in [-0.39, 0.29) is 0 Å². The molecule has 0 saturated carbocycles. The van der Waals surface area contributed by atoms with E-state index in [1.54, 1.807) is 0 Å². The lowest BCUT2D eigenvalue weighted by atomic mass is 9.98. The topological polar surface area (TPSA) is 38.3 Å². The van der Waals surface area contributed by atoms with E-state index in [1.807, 2.05) is 5.94 Å². The molecular formula is C11H10FNO2. The van der Waals surface area contributed by atoms with Gasteiger partial charge in [-0.2, -0.15) is 0 Å². The SMILES string of the molecule is COc1cc(F)cc2c1NCCC2=C=O. The highest BCUT2D eigenvalue weighted by atomic mass is 19.1. The van der Waals surface area contributed by atoms with E-state index in [2.05, 4.69) is 5.32 Å². The number of anilines is 1. The molecule has 0 aliphatic carbocycles. The Morgan fingerprint density at radius 1 is 1.53 bits per heavy atom. The number of nitrogens with one attached hydrogen (secondary N) is 1. The number of fused-ring (bicyclic) bond motifs is 1.